The molecule has 3 aromatic rings. The first-order valence-corrected chi connectivity index (χ1v) is 12.4. The first-order chi connectivity index (χ1) is 15.3. The van der Waals surface area contributed by atoms with E-state index in [1.807, 2.05) is 24.3 Å². The lowest BCUT2D eigenvalue weighted by atomic mass is 10.0. The number of benzene rings is 1. The summed E-state index contributed by atoms with van der Waals surface area (Å²) in [5.41, 5.74) is 1.30. The van der Waals surface area contributed by atoms with E-state index in [1.54, 1.807) is 0 Å². The third-order valence-electron chi connectivity index (χ3n) is 5.85. The van der Waals surface area contributed by atoms with Gasteiger partial charge in [-0.05, 0) is 48.6 Å². The van der Waals surface area contributed by atoms with E-state index in [-0.39, 0.29) is 17.2 Å². The van der Waals surface area contributed by atoms with Crippen molar-refractivity contribution in [1.29, 1.82) is 0 Å². The molecular formula is C22H27N5O4S. The van der Waals surface area contributed by atoms with E-state index in [4.69, 9.17) is 0 Å². The molecular weight excluding hydrogens is 430 g/mol. The number of nitrogens with one attached hydrogen (secondary N) is 1. The number of nitrogens with zero attached hydrogens (tertiary/aromatic N) is 4. The number of hydrogen-bond acceptors (Lipinski definition) is 6. The highest BCUT2D eigenvalue weighted by atomic mass is 32.2. The van der Waals surface area contributed by atoms with Gasteiger partial charge >= 0.3 is 5.69 Å². The van der Waals surface area contributed by atoms with Crippen LogP contribution in [0.3, 0.4) is 0 Å². The Morgan fingerprint density at radius 1 is 1.06 bits per heavy atom. The van der Waals surface area contributed by atoms with Gasteiger partial charge in [0.05, 0.1) is 5.25 Å². The molecule has 0 unspecified atom stereocenters. The van der Waals surface area contributed by atoms with Crippen LogP contribution in [0.5, 0.6) is 0 Å². The van der Waals surface area contributed by atoms with Crippen LogP contribution in [-0.2, 0) is 21.2 Å². The van der Waals surface area contributed by atoms with Gasteiger partial charge in [-0.25, -0.2) is 17.9 Å². The molecule has 0 atom stereocenters. The monoisotopic (exact) mass is 457 g/mol. The van der Waals surface area contributed by atoms with Crippen LogP contribution in [0.2, 0.25) is 0 Å². The lowest BCUT2D eigenvalue weighted by Crippen LogP contribution is -2.30. The smallest absolute Gasteiger partial charge is 0.324 e. The lowest BCUT2D eigenvalue weighted by Gasteiger charge is -2.20. The van der Waals surface area contributed by atoms with Crippen LogP contribution >= 0.6 is 0 Å². The van der Waals surface area contributed by atoms with Crippen LogP contribution in [0.1, 0.15) is 57.4 Å². The molecule has 1 saturated carbocycles. The van der Waals surface area contributed by atoms with E-state index >= 15 is 0 Å². The van der Waals surface area contributed by atoms with Gasteiger partial charge in [-0.3, -0.25) is 4.79 Å². The molecule has 170 valence electrons. The van der Waals surface area contributed by atoms with E-state index in [9.17, 15) is 18.0 Å². The minimum atomic E-state index is -3.62. The van der Waals surface area contributed by atoms with Crippen LogP contribution in [0.4, 0.5) is 5.69 Å². The number of rotatable bonds is 6. The largest absolute Gasteiger partial charge is 0.367 e. The summed E-state index contributed by atoms with van der Waals surface area (Å²) in [5, 5.41) is 10.3. The number of amides is 1. The minimum Gasteiger partial charge on any atom is -0.324 e. The summed E-state index contributed by atoms with van der Waals surface area (Å²) in [5.74, 6) is -0.0292. The van der Waals surface area contributed by atoms with Crippen molar-refractivity contribution in [2.75, 3.05) is 5.32 Å². The van der Waals surface area contributed by atoms with Gasteiger partial charge < -0.3 is 5.32 Å². The summed E-state index contributed by atoms with van der Waals surface area (Å²) in [7, 11) is -3.62. The normalized spacial score (nSPS) is 15.3. The molecule has 4 rings (SSSR count). The molecule has 0 radical (unpaired) electrons. The Hall–Kier alpha value is -3.01. The molecule has 0 bridgehead atoms. The molecule has 0 aliphatic heterocycles. The molecule has 0 saturated heterocycles. The van der Waals surface area contributed by atoms with Crippen molar-refractivity contribution in [3.63, 3.8) is 0 Å². The fourth-order valence-electron chi connectivity index (χ4n) is 3.98. The first-order valence-electron chi connectivity index (χ1n) is 10.9. The fourth-order valence-corrected chi connectivity index (χ4v) is 5.73. The number of aromatic nitrogens is 4. The zero-order chi connectivity index (χ0) is 22.9. The number of sulfone groups is 1. The third-order valence-corrected chi connectivity index (χ3v) is 8.00. The van der Waals surface area contributed by atoms with Crippen LogP contribution in [0.15, 0.2) is 46.2 Å². The average Bonchev–Trinajstić information content (AvgIpc) is 3.09. The van der Waals surface area contributed by atoms with Crippen molar-refractivity contribution in [1.82, 2.24) is 19.4 Å². The molecule has 1 fully saturated rings. The highest BCUT2D eigenvalue weighted by molar-refractivity contribution is 7.92. The van der Waals surface area contributed by atoms with Crippen molar-refractivity contribution in [2.24, 2.45) is 0 Å². The Morgan fingerprint density at radius 3 is 2.41 bits per heavy atom. The van der Waals surface area contributed by atoms with Gasteiger partial charge in [0.1, 0.15) is 6.54 Å². The molecule has 2 aromatic heterocycles. The maximum absolute atomic E-state index is 12.9. The van der Waals surface area contributed by atoms with Crippen molar-refractivity contribution in [3.05, 3.63) is 52.4 Å². The van der Waals surface area contributed by atoms with Gasteiger partial charge in [-0.2, -0.15) is 4.52 Å². The van der Waals surface area contributed by atoms with Crippen LogP contribution in [0.25, 0.3) is 5.65 Å². The molecule has 9 nitrogen and oxygen atoms in total. The van der Waals surface area contributed by atoms with Crippen molar-refractivity contribution >= 4 is 27.1 Å². The molecule has 1 aromatic carbocycles. The van der Waals surface area contributed by atoms with Crippen LogP contribution < -0.4 is 11.0 Å². The van der Waals surface area contributed by atoms with E-state index in [2.05, 4.69) is 29.4 Å². The standard InChI is InChI=1S/C22H27N5O4S/c1-15(2)16-8-10-17(11-9-16)23-20(28)14-26-22(29)27-19(24-26)12-13-21(25-27)32(30,31)18-6-4-3-5-7-18/h8-13,15,18H,3-7,14H2,1-2H3,(H,23,28). The molecule has 0 spiro atoms. The van der Waals surface area contributed by atoms with Gasteiger partial charge in [-0.15, -0.1) is 10.2 Å². The number of carbonyl (C=O) groups excluding carboxylic acids is 1. The lowest BCUT2D eigenvalue weighted by molar-refractivity contribution is -0.117. The number of carbonyl (C=O) groups is 1. The first kappa shape index (κ1) is 22.2. The van der Waals surface area contributed by atoms with E-state index in [0.29, 0.717) is 24.4 Å². The molecule has 32 heavy (non-hydrogen) atoms. The van der Waals surface area contributed by atoms with Gasteiger partial charge in [0.15, 0.2) is 20.5 Å². The van der Waals surface area contributed by atoms with Crippen molar-refractivity contribution in [2.45, 2.75) is 68.7 Å². The Bertz CT molecular complexity index is 1290. The van der Waals surface area contributed by atoms with Crippen molar-refractivity contribution < 1.29 is 13.2 Å². The Morgan fingerprint density at radius 2 is 1.75 bits per heavy atom. The molecule has 2 heterocycles. The predicted molar refractivity (Wildman–Crippen MR) is 120 cm³/mol. The number of anilines is 1. The third kappa shape index (κ3) is 4.45. The van der Waals surface area contributed by atoms with Gasteiger partial charge in [0.2, 0.25) is 5.91 Å². The topological polar surface area (TPSA) is 115 Å². The van der Waals surface area contributed by atoms with Crippen LogP contribution in [-0.4, -0.2) is 39.0 Å². The van der Waals surface area contributed by atoms with E-state index in [1.165, 1.54) is 12.1 Å². The zero-order valence-electron chi connectivity index (χ0n) is 18.2. The quantitative estimate of drug-likeness (QED) is 0.609. The summed E-state index contributed by atoms with van der Waals surface area (Å²) in [4.78, 5) is 25.1. The van der Waals surface area contributed by atoms with Crippen molar-refractivity contribution in [3.8, 4) is 0 Å². The summed E-state index contributed by atoms with van der Waals surface area (Å²) in [6.07, 6.45) is 4.00. The predicted octanol–water partition coefficient (Wildman–Crippen LogP) is 2.76. The summed E-state index contributed by atoms with van der Waals surface area (Å²) in [6.45, 7) is 3.87. The highest BCUT2D eigenvalue weighted by Crippen LogP contribution is 2.27. The zero-order valence-corrected chi connectivity index (χ0v) is 19.0. The SMILES string of the molecule is CC(C)c1ccc(NC(=O)Cn2nc3ccc(S(=O)(=O)C4CCCCC4)nn3c2=O)cc1. The fraction of sp³-hybridized carbons (Fsp3) is 0.455. The second-order valence-electron chi connectivity index (χ2n) is 8.51. The van der Waals surface area contributed by atoms with Gasteiger partial charge in [-0.1, -0.05) is 45.2 Å². The maximum atomic E-state index is 12.9. The maximum Gasteiger partial charge on any atom is 0.367 e. The second-order valence-corrected chi connectivity index (χ2v) is 10.7. The average molecular weight is 458 g/mol. The van der Waals surface area contributed by atoms with E-state index < -0.39 is 26.7 Å². The van der Waals surface area contributed by atoms with E-state index in [0.717, 1.165) is 34.0 Å². The number of hydrogen-bond donors (Lipinski definition) is 1. The Labute approximate surface area is 186 Å². The Balaban J connectivity index is 1.53. The molecule has 1 amide bonds. The summed E-state index contributed by atoms with van der Waals surface area (Å²) >= 11 is 0. The summed E-state index contributed by atoms with van der Waals surface area (Å²) < 4.78 is 27.8. The second kappa shape index (κ2) is 8.85. The highest BCUT2D eigenvalue weighted by Gasteiger charge is 2.30. The molecule has 10 heteroatoms. The Kier molecular flexibility index (Phi) is 6.14. The summed E-state index contributed by atoms with van der Waals surface area (Å²) in [6, 6.07) is 10.3. The number of fused-ring (bicyclic) bond motifs is 1. The molecule has 1 aliphatic rings. The molecule has 1 aliphatic carbocycles. The van der Waals surface area contributed by atoms with Gasteiger partial charge in [0, 0.05) is 5.69 Å². The minimum absolute atomic E-state index is 0.131. The van der Waals surface area contributed by atoms with Gasteiger partial charge in [0.25, 0.3) is 0 Å². The van der Waals surface area contributed by atoms with Crippen LogP contribution in [0, 0.1) is 0 Å². The molecule has 1 N–H and O–H groups in total.